The first-order valence-electron chi connectivity index (χ1n) is 6.69. The van der Waals surface area contributed by atoms with E-state index in [0.717, 1.165) is 41.9 Å². The van der Waals surface area contributed by atoms with E-state index in [-0.39, 0.29) is 6.04 Å². The van der Waals surface area contributed by atoms with Gasteiger partial charge >= 0.3 is 0 Å². The predicted molar refractivity (Wildman–Crippen MR) is 79.2 cm³/mol. The first-order chi connectivity index (χ1) is 9.54. The minimum Gasteiger partial charge on any atom is -0.282 e. The average Bonchev–Trinajstić information content (AvgIpc) is 3.07. The average molecular weight is 311 g/mol. The van der Waals surface area contributed by atoms with Crippen molar-refractivity contribution in [3.8, 4) is 10.6 Å². The van der Waals surface area contributed by atoms with Crippen LogP contribution in [0.15, 0.2) is 22.4 Å². The molecule has 1 aliphatic carbocycles. The number of nitrogens with one attached hydrogen (secondary N) is 2. The van der Waals surface area contributed by atoms with Gasteiger partial charge in [0.15, 0.2) is 0 Å². The highest BCUT2D eigenvalue weighted by molar-refractivity contribution is 7.91. The summed E-state index contributed by atoms with van der Waals surface area (Å²) >= 11 is 1.26. The van der Waals surface area contributed by atoms with Crippen LogP contribution in [-0.2, 0) is 10.0 Å². The summed E-state index contributed by atoms with van der Waals surface area (Å²) in [6.45, 7) is 1.92. The molecule has 7 heteroatoms. The lowest BCUT2D eigenvalue weighted by Crippen LogP contribution is -2.32. The topological polar surface area (TPSA) is 74.8 Å². The van der Waals surface area contributed by atoms with Crippen molar-refractivity contribution in [2.24, 2.45) is 0 Å². The molecule has 2 N–H and O–H groups in total. The van der Waals surface area contributed by atoms with Gasteiger partial charge in [-0.25, -0.2) is 13.1 Å². The molecule has 1 saturated carbocycles. The van der Waals surface area contributed by atoms with Gasteiger partial charge in [0.25, 0.3) is 0 Å². The summed E-state index contributed by atoms with van der Waals surface area (Å²) < 4.78 is 27.8. The summed E-state index contributed by atoms with van der Waals surface area (Å²) in [5.41, 5.74) is 1.75. The lowest BCUT2D eigenvalue weighted by atomic mass is 10.3. The number of nitrogens with zero attached hydrogens (tertiary/aromatic N) is 1. The van der Waals surface area contributed by atoms with Crippen LogP contribution in [-0.4, -0.2) is 24.7 Å². The smallest absolute Gasteiger partial charge is 0.250 e. The van der Waals surface area contributed by atoms with E-state index in [1.165, 1.54) is 11.3 Å². The van der Waals surface area contributed by atoms with Crippen LogP contribution in [0.2, 0.25) is 0 Å². The Hall–Kier alpha value is -1.18. The van der Waals surface area contributed by atoms with Crippen LogP contribution >= 0.6 is 11.3 Å². The summed E-state index contributed by atoms with van der Waals surface area (Å²) in [7, 11) is -3.39. The van der Waals surface area contributed by atoms with Crippen LogP contribution in [0.3, 0.4) is 0 Å². The van der Waals surface area contributed by atoms with Crippen molar-refractivity contribution < 1.29 is 8.42 Å². The van der Waals surface area contributed by atoms with Gasteiger partial charge in [0.05, 0.1) is 4.88 Å². The highest BCUT2D eigenvalue weighted by Gasteiger charge is 2.24. The van der Waals surface area contributed by atoms with Crippen molar-refractivity contribution in [3.05, 3.63) is 23.9 Å². The molecule has 108 valence electrons. The van der Waals surface area contributed by atoms with E-state index >= 15 is 0 Å². The second kappa shape index (κ2) is 5.31. The van der Waals surface area contributed by atoms with E-state index in [0.29, 0.717) is 4.21 Å². The summed E-state index contributed by atoms with van der Waals surface area (Å²) in [4.78, 5) is 0.862. The maximum absolute atomic E-state index is 12.3. The van der Waals surface area contributed by atoms with E-state index in [1.54, 1.807) is 6.07 Å². The summed E-state index contributed by atoms with van der Waals surface area (Å²) in [6.07, 6.45) is 4.09. The van der Waals surface area contributed by atoms with Gasteiger partial charge in [-0.3, -0.25) is 5.10 Å². The van der Waals surface area contributed by atoms with Crippen molar-refractivity contribution in [2.45, 2.75) is 42.9 Å². The molecule has 0 saturated heterocycles. The quantitative estimate of drug-likeness (QED) is 0.911. The van der Waals surface area contributed by atoms with Crippen LogP contribution in [0.1, 0.15) is 31.4 Å². The standard InChI is InChI=1S/C13H17N3O2S2/c1-9-8-11(15-14-9)12-6-7-13(19-12)20(17,18)16-10-4-2-3-5-10/h6-8,10,16H,2-5H2,1H3,(H,14,15). The van der Waals surface area contributed by atoms with Crippen molar-refractivity contribution in [2.75, 3.05) is 0 Å². The van der Waals surface area contributed by atoms with E-state index in [1.807, 2.05) is 19.1 Å². The summed E-state index contributed by atoms with van der Waals surface area (Å²) in [5.74, 6) is 0. The molecular formula is C13H17N3O2S2. The first kappa shape index (κ1) is 13.8. The fourth-order valence-corrected chi connectivity index (χ4v) is 5.06. The second-order valence-corrected chi connectivity index (χ2v) is 8.18. The Kier molecular flexibility index (Phi) is 3.66. The Morgan fingerprint density at radius 2 is 2.10 bits per heavy atom. The maximum atomic E-state index is 12.3. The van der Waals surface area contributed by atoms with E-state index in [4.69, 9.17) is 0 Å². The zero-order chi connectivity index (χ0) is 14.2. The van der Waals surface area contributed by atoms with E-state index in [9.17, 15) is 8.42 Å². The number of rotatable bonds is 4. The Labute approximate surface area is 122 Å². The SMILES string of the molecule is Cc1cc(-c2ccc(S(=O)(=O)NC3CCCC3)s2)n[nH]1. The zero-order valence-corrected chi connectivity index (χ0v) is 12.9. The normalized spacial score (nSPS) is 16.9. The molecule has 2 aromatic rings. The number of sulfonamides is 1. The summed E-state index contributed by atoms with van der Waals surface area (Å²) in [6, 6.07) is 5.47. The Morgan fingerprint density at radius 1 is 1.35 bits per heavy atom. The van der Waals surface area contributed by atoms with Crippen molar-refractivity contribution in [1.29, 1.82) is 0 Å². The third-order valence-corrected chi connectivity index (χ3v) is 6.60. The first-order valence-corrected chi connectivity index (χ1v) is 8.99. The molecule has 0 bridgehead atoms. The largest absolute Gasteiger partial charge is 0.282 e. The van der Waals surface area contributed by atoms with Gasteiger partial charge in [0.1, 0.15) is 9.90 Å². The second-order valence-electron chi connectivity index (χ2n) is 5.16. The molecule has 0 unspecified atom stereocenters. The Bertz CT molecular complexity index is 697. The molecule has 0 radical (unpaired) electrons. The molecule has 0 amide bonds. The number of aromatic nitrogens is 2. The lowest BCUT2D eigenvalue weighted by Gasteiger charge is -2.10. The van der Waals surface area contributed by atoms with Gasteiger partial charge in [-0.05, 0) is 38.0 Å². The van der Waals surface area contributed by atoms with E-state index < -0.39 is 10.0 Å². The van der Waals surface area contributed by atoms with Gasteiger partial charge in [0.2, 0.25) is 10.0 Å². The zero-order valence-electron chi connectivity index (χ0n) is 11.2. The summed E-state index contributed by atoms with van der Waals surface area (Å²) in [5, 5.41) is 7.02. The van der Waals surface area contributed by atoms with Gasteiger partial charge in [0, 0.05) is 11.7 Å². The van der Waals surface area contributed by atoms with Crippen LogP contribution in [0.5, 0.6) is 0 Å². The maximum Gasteiger partial charge on any atom is 0.250 e. The third-order valence-electron chi connectivity index (χ3n) is 3.48. The highest BCUT2D eigenvalue weighted by Crippen LogP contribution is 2.30. The number of hydrogen-bond donors (Lipinski definition) is 2. The molecule has 0 aromatic carbocycles. The molecule has 1 fully saturated rings. The fraction of sp³-hybridized carbons (Fsp3) is 0.462. The number of H-pyrrole nitrogens is 1. The van der Waals surface area contributed by atoms with Gasteiger partial charge < -0.3 is 0 Å². The molecule has 0 aliphatic heterocycles. The van der Waals surface area contributed by atoms with Crippen LogP contribution in [0.25, 0.3) is 10.6 Å². The number of aryl methyl sites for hydroxylation is 1. The molecule has 1 aliphatic rings. The van der Waals surface area contributed by atoms with Crippen LogP contribution in [0, 0.1) is 6.92 Å². The van der Waals surface area contributed by atoms with Crippen molar-refractivity contribution in [1.82, 2.24) is 14.9 Å². The Balaban J connectivity index is 1.81. The molecule has 3 rings (SSSR count). The van der Waals surface area contributed by atoms with Crippen LogP contribution < -0.4 is 4.72 Å². The van der Waals surface area contributed by atoms with Gasteiger partial charge in [-0.1, -0.05) is 12.8 Å². The molecule has 2 heterocycles. The molecule has 20 heavy (non-hydrogen) atoms. The fourth-order valence-electron chi connectivity index (χ4n) is 2.47. The monoisotopic (exact) mass is 311 g/mol. The molecule has 2 aromatic heterocycles. The molecule has 0 atom stereocenters. The molecule has 5 nitrogen and oxygen atoms in total. The highest BCUT2D eigenvalue weighted by atomic mass is 32.2. The predicted octanol–water partition coefficient (Wildman–Crippen LogP) is 2.67. The Morgan fingerprint density at radius 3 is 2.75 bits per heavy atom. The number of hydrogen-bond acceptors (Lipinski definition) is 4. The van der Waals surface area contributed by atoms with Crippen LogP contribution in [0.4, 0.5) is 0 Å². The minimum absolute atomic E-state index is 0.0955. The number of aromatic amines is 1. The number of thiophene rings is 1. The molecule has 0 spiro atoms. The molecular weight excluding hydrogens is 294 g/mol. The van der Waals surface area contributed by atoms with Crippen molar-refractivity contribution >= 4 is 21.4 Å². The van der Waals surface area contributed by atoms with Gasteiger partial charge in [-0.2, -0.15) is 5.10 Å². The van der Waals surface area contributed by atoms with Crippen molar-refractivity contribution in [3.63, 3.8) is 0 Å². The minimum atomic E-state index is -3.39. The van der Waals surface area contributed by atoms with E-state index in [2.05, 4.69) is 14.9 Å². The van der Waals surface area contributed by atoms with Gasteiger partial charge in [-0.15, -0.1) is 11.3 Å². The lowest BCUT2D eigenvalue weighted by molar-refractivity contribution is 0.554. The third kappa shape index (κ3) is 2.79.